The van der Waals surface area contributed by atoms with E-state index >= 15 is 0 Å². The first-order chi connectivity index (χ1) is 9.28. The molecular formula is C16H14BrNS. The van der Waals surface area contributed by atoms with E-state index < -0.39 is 0 Å². The Morgan fingerprint density at radius 2 is 1.79 bits per heavy atom. The predicted octanol–water partition coefficient (Wildman–Crippen LogP) is 4.97. The van der Waals surface area contributed by atoms with Gasteiger partial charge >= 0.3 is 0 Å². The summed E-state index contributed by atoms with van der Waals surface area (Å²) in [6.07, 6.45) is 0. The van der Waals surface area contributed by atoms with Gasteiger partial charge in [-0.3, -0.25) is 0 Å². The summed E-state index contributed by atoms with van der Waals surface area (Å²) in [5.41, 5.74) is 1.30. The first kappa shape index (κ1) is 12.9. The fourth-order valence-corrected chi connectivity index (χ4v) is 3.91. The fraction of sp³-hybridized carbons (Fsp3) is 0.125. The van der Waals surface area contributed by atoms with Crippen LogP contribution in [0.5, 0.6) is 0 Å². The molecule has 19 heavy (non-hydrogen) atoms. The number of nitrogens with one attached hydrogen (secondary N) is 1. The highest BCUT2D eigenvalue weighted by atomic mass is 79.9. The van der Waals surface area contributed by atoms with Crippen molar-refractivity contribution in [1.29, 1.82) is 0 Å². The Morgan fingerprint density at radius 3 is 2.47 bits per heavy atom. The lowest BCUT2D eigenvalue weighted by molar-refractivity contribution is 0.705. The second kappa shape index (κ2) is 5.45. The normalized spacial score (nSPS) is 12.7. The quantitative estimate of drug-likeness (QED) is 0.714. The van der Waals surface area contributed by atoms with E-state index in [0.717, 1.165) is 0 Å². The molecule has 1 aromatic heterocycles. The van der Waals surface area contributed by atoms with Gasteiger partial charge in [0, 0.05) is 4.88 Å². The van der Waals surface area contributed by atoms with E-state index in [1.807, 2.05) is 7.05 Å². The van der Waals surface area contributed by atoms with Crippen molar-refractivity contribution >= 4 is 38.0 Å². The zero-order chi connectivity index (χ0) is 13.2. The van der Waals surface area contributed by atoms with E-state index in [2.05, 4.69) is 75.8 Å². The van der Waals surface area contributed by atoms with E-state index in [1.54, 1.807) is 11.3 Å². The summed E-state index contributed by atoms with van der Waals surface area (Å²) in [6.45, 7) is 0. The van der Waals surface area contributed by atoms with Crippen LogP contribution in [0.25, 0.3) is 10.8 Å². The standard InChI is InChI=1S/C16H14BrNS/c1-18-16(14-8-9-15(17)19-14)13-7-6-11-4-2-3-5-12(11)10-13/h2-10,16,18H,1H3. The van der Waals surface area contributed by atoms with Crippen molar-refractivity contribution in [2.45, 2.75) is 6.04 Å². The highest BCUT2D eigenvalue weighted by Crippen LogP contribution is 2.32. The Bertz CT molecular complexity index is 705. The highest BCUT2D eigenvalue weighted by molar-refractivity contribution is 9.11. The van der Waals surface area contributed by atoms with Crippen molar-refractivity contribution < 1.29 is 0 Å². The molecular weight excluding hydrogens is 318 g/mol. The number of benzene rings is 2. The molecule has 3 aromatic rings. The van der Waals surface area contributed by atoms with Crippen molar-refractivity contribution in [2.75, 3.05) is 7.05 Å². The minimum atomic E-state index is 0.251. The van der Waals surface area contributed by atoms with Crippen molar-refractivity contribution in [2.24, 2.45) is 0 Å². The zero-order valence-corrected chi connectivity index (χ0v) is 13.0. The number of thiophene rings is 1. The van der Waals surface area contributed by atoms with Gasteiger partial charge in [0.05, 0.1) is 9.83 Å². The van der Waals surface area contributed by atoms with E-state index in [0.29, 0.717) is 0 Å². The smallest absolute Gasteiger partial charge is 0.0702 e. The van der Waals surface area contributed by atoms with Crippen molar-refractivity contribution in [1.82, 2.24) is 5.32 Å². The molecule has 0 aliphatic heterocycles. The largest absolute Gasteiger partial charge is 0.309 e. The Labute approximate surface area is 125 Å². The number of halogens is 1. The molecule has 0 aliphatic carbocycles. The molecule has 1 atom stereocenters. The lowest BCUT2D eigenvalue weighted by Gasteiger charge is -2.15. The van der Waals surface area contributed by atoms with Crippen LogP contribution in [0.2, 0.25) is 0 Å². The molecule has 1 nitrogen and oxygen atoms in total. The Balaban J connectivity index is 2.06. The minimum absolute atomic E-state index is 0.251. The highest BCUT2D eigenvalue weighted by Gasteiger charge is 2.14. The average molecular weight is 332 g/mol. The van der Waals surface area contributed by atoms with Crippen LogP contribution in [-0.2, 0) is 0 Å². The zero-order valence-electron chi connectivity index (χ0n) is 10.6. The van der Waals surface area contributed by atoms with Gasteiger partial charge in [0.15, 0.2) is 0 Å². The van der Waals surface area contributed by atoms with Crippen LogP contribution in [0.1, 0.15) is 16.5 Å². The van der Waals surface area contributed by atoms with Gasteiger partial charge < -0.3 is 5.32 Å². The lowest BCUT2D eigenvalue weighted by Crippen LogP contribution is -2.16. The summed E-state index contributed by atoms with van der Waals surface area (Å²) >= 11 is 5.31. The maximum Gasteiger partial charge on any atom is 0.0702 e. The van der Waals surface area contributed by atoms with Gasteiger partial charge in [0.1, 0.15) is 0 Å². The fourth-order valence-electron chi connectivity index (χ4n) is 2.34. The minimum Gasteiger partial charge on any atom is -0.309 e. The van der Waals surface area contributed by atoms with Crippen LogP contribution in [0, 0.1) is 0 Å². The van der Waals surface area contributed by atoms with Gasteiger partial charge in [-0.2, -0.15) is 0 Å². The van der Waals surface area contributed by atoms with E-state index in [4.69, 9.17) is 0 Å². The molecule has 1 unspecified atom stereocenters. The van der Waals surface area contributed by atoms with Crippen LogP contribution < -0.4 is 5.32 Å². The molecule has 0 saturated carbocycles. The Kier molecular flexibility index (Phi) is 3.69. The van der Waals surface area contributed by atoms with Crippen LogP contribution >= 0.6 is 27.3 Å². The molecule has 0 spiro atoms. The first-order valence-corrected chi connectivity index (χ1v) is 7.80. The maximum atomic E-state index is 3.53. The molecule has 3 rings (SSSR count). The second-order valence-electron chi connectivity index (χ2n) is 4.47. The topological polar surface area (TPSA) is 12.0 Å². The van der Waals surface area contributed by atoms with Crippen LogP contribution in [-0.4, -0.2) is 7.05 Å². The van der Waals surface area contributed by atoms with Crippen LogP contribution in [0.15, 0.2) is 58.4 Å². The summed E-state index contributed by atoms with van der Waals surface area (Å²) in [7, 11) is 2.01. The van der Waals surface area contributed by atoms with Gasteiger partial charge in [0.25, 0.3) is 0 Å². The van der Waals surface area contributed by atoms with Crippen molar-refractivity contribution in [3.8, 4) is 0 Å². The summed E-state index contributed by atoms with van der Waals surface area (Å²) in [6, 6.07) is 19.7. The molecule has 0 aliphatic rings. The molecule has 0 fully saturated rings. The molecule has 3 heteroatoms. The average Bonchev–Trinajstić information content (AvgIpc) is 2.86. The van der Waals surface area contributed by atoms with Crippen LogP contribution in [0.3, 0.4) is 0 Å². The summed E-state index contributed by atoms with van der Waals surface area (Å²) in [5, 5.41) is 5.98. The monoisotopic (exact) mass is 331 g/mol. The third-order valence-corrected chi connectivity index (χ3v) is 4.96. The van der Waals surface area contributed by atoms with Gasteiger partial charge in [-0.15, -0.1) is 11.3 Å². The molecule has 0 saturated heterocycles. The summed E-state index contributed by atoms with van der Waals surface area (Å²) < 4.78 is 1.17. The van der Waals surface area contributed by atoms with Crippen molar-refractivity contribution in [3.63, 3.8) is 0 Å². The van der Waals surface area contributed by atoms with E-state index in [1.165, 1.54) is 25.0 Å². The SMILES string of the molecule is CNC(c1ccc2ccccc2c1)c1ccc(Br)s1. The van der Waals surface area contributed by atoms with Gasteiger partial charge in [-0.25, -0.2) is 0 Å². The molecule has 2 aromatic carbocycles. The third-order valence-electron chi connectivity index (χ3n) is 3.27. The molecule has 0 bridgehead atoms. The lowest BCUT2D eigenvalue weighted by atomic mass is 10.0. The van der Waals surface area contributed by atoms with Gasteiger partial charge in [0.2, 0.25) is 0 Å². The number of hydrogen-bond acceptors (Lipinski definition) is 2. The molecule has 0 radical (unpaired) electrons. The maximum absolute atomic E-state index is 3.53. The molecule has 0 amide bonds. The Morgan fingerprint density at radius 1 is 1.00 bits per heavy atom. The number of rotatable bonds is 3. The van der Waals surface area contributed by atoms with E-state index in [9.17, 15) is 0 Å². The second-order valence-corrected chi connectivity index (χ2v) is 6.96. The van der Waals surface area contributed by atoms with E-state index in [-0.39, 0.29) is 6.04 Å². The summed E-state index contributed by atoms with van der Waals surface area (Å²) in [5.74, 6) is 0. The van der Waals surface area contributed by atoms with Crippen LogP contribution in [0.4, 0.5) is 0 Å². The Hall–Kier alpha value is -1.16. The number of hydrogen-bond donors (Lipinski definition) is 1. The molecule has 1 heterocycles. The molecule has 1 N–H and O–H groups in total. The third kappa shape index (κ3) is 2.59. The number of fused-ring (bicyclic) bond motifs is 1. The molecule has 96 valence electrons. The van der Waals surface area contributed by atoms with Crippen molar-refractivity contribution in [3.05, 3.63) is 68.8 Å². The van der Waals surface area contributed by atoms with Gasteiger partial charge in [-0.05, 0) is 57.5 Å². The van der Waals surface area contributed by atoms with Gasteiger partial charge in [-0.1, -0.05) is 36.4 Å². The first-order valence-electron chi connectivity index (χ1n) is 6.19. The predicted molar refractivity (Wildman–Crippen MR) is 86.9 cm³/mol. The summed E-state index contributed by atoms with van der Waals surface area (Å²) in [4.78, 5) is 1.32.